The Labute approximate surface area is 143 Å². The molecule has 1 saturated carbocycles. The highest BCUT2D eigenvalue weighted by molar-refractivity contribution is 5.34. The number of nitrogens with zero attached hydrogens (tertiary/aromatic N) is 3. The van der Waals surface area contributed by atoms with E-state index in [1.807, 2.05) is 36.4 Å². The first-order valence-corrected chi connectivity index (χ1v) is 8.74. The van der Waals surface area contributed by atoms with Crippen molar-refractivity contribution in [1.82, 2.24) is 14.9 Å². The molecule has 1 aliphatic carbocycles. The predicted octanol–water partition coefficient (Wildman–Crippen LogP) is 2.82. The van der Waals surface area contributed by atoms with Crippen molar-refractivity contribution in [2.75, 3.05) is 31.6 Å². The van der Waals surface area contributed by atoms with Crippen molar-refractivity contribution in [1.29, 1.82) is 0 Å². The molecule has 0 amide bonds. The average molecular weight is 324 g/mol. The second-order valence-corrected chi connectivity index (χ2v) is 7.03. The van der Waals surface area contributed by atoms with Crippen molar-refractivity contribution in [2.24, 2.45) is 5.41 Å². The van der Waals surface area contributed by atoms with E-state index in [0.29, 0.717) is 11.5 Å². The molecule has 126 valence electrons. The molecular weight excluding hydrogens is 300 g/mol. The van der Waals surface area contributed by atoms with Crippen LogP contribution in [0, 0.1) is 5.41 Å². The molecule has 1 aromatic heterocycles. The molecule has 2 fully saturated rings. The van der Waals surface area contributed by atoms with Gasteiger partial charge in [0.2, 0.25) is 0 Å². The number of anilines is 1. The molecule has 5 nitrogen and oxygen atoms in total. The van der Waals surface area contributed by atoms with Gasteiger partial charge in [0, 0.05) is 25.3 Å². The van der Waals surface area contributed by atoms with E-state index < -0.39 is 0 Å². The van der Waals surface area contributed by atoms with Gasteiger partial charge < -0.3 is 10.1 Å². The fourth-order valence-corrected chi connectivity index (χ4v) is 4.03. The number of rotatable bonds is 6. The van der Waals surface area contributed by atoms with Gasteiger partial charge in [0.15, 0.2) is 0 Å². The molecule has 24 heavy (non-hydrogen) atoms. The van der Waals surface area contributed by atoms with Gasteiger partial charge in [0.1, 0.15) is 24.5 Å². The zero-order chi connectivity index (χ0) is 16.2. The zero-order valence-electron chi connectivity index (χ0n) is 13.9. The van der Waals surface area contributed by atoms with Crippen LogP contribution in [0.3, 0.4) is 0 Å². The Hall–Kier alpha value is -2.14. The lowest BCUT2D eigenvalue weighted by atomic mass is 9.65. The SMILES string of the molecule is c1ccc(OCCN2CCC3(CC(Nc4ccncn4)C3)C2)cc1. The van der Waals surface area contributed by atoms with Crippen molar-refractivity contribution < 1.29 is 4.74 Å². The van der Waals surface area contributed by atoms with Crippen LogP contribution >= 0.6 is 0 Å². The first kappa shape index (κ1) is 15.4. The summed E-state index contributed by atoms with van der Waals surface area (Å²) in [5.74, 6) is 1.90. The number of ether oxygens (including phenoxy) is 1. The van der Waals surface area contributed by atoms with Gasteiger partial charge in [-0.25, -0.2) is 9.97 Å². The Morgan fingerprint density at radius 2 is 2.08 bits per heavy atom. The number of benzene rings is 1. The lowest BCUT2D eigenvalue weighted by Crippen LogP contribution is -2.47. The summed E-state index contributed by atoms with van der Waals surface area (Å²) < 4.78 is 5.82. The maximum absolute atomic E-state index is 5.82. The number of likely N-dealkylation sites (tertiary alicyclic amines) is 1. The monoisotopic (exact) mass is 324 g/mol. The van der Waals surface area contributed by atoms with Gasteiger partial charge in [-0.05, 0) is 49.4 Å². The van der Waals surface area contributed by atoms with Crippen LogP contribution in [0.25, 0.3) is 0 Å². The van der Waals surface area contributed by atoms with Gasteiger partial charge in [0.05, 0.1) is 0 Å². The highest BCUT2D eigenvalue weighted by Crippen LogP contribution is 2.48. The molecule has 1 saturated heterocycles. The first-order valence-electron chi connectivity index (χ1n) is 8.74. The molecule has 2 aliphatic rings. The van der Waals surface area contributed by atoms with Crippen LogP contribution in [0.1, 0.15) is 19.3 Å². The van der Waals surface area contributed by atoms with Crippen molar-refractivity contribution in [3.05, 3.63) is 48.9 Å². The molecule has 4 rings (SSSR count). The van der Waals surface area contributed by atoms with Crippen LogP contribution < -0.4 is 10.1 Å². The molecule has 1 N–H and O–H groups in total. The summed E-state index contributed by atoms with van der Waals surface area (Å²) in [7, 11) is 0. The molecule has 2 aromatic rings. The number of aromatic nitrogens is 2. The van der Waals surface area contributed by atoms with E-state index in [0.717, 1.165) is 24.7 Å². The third kappa shape index (κ3) is 3.51. The van der Waals surface area contributed by atoms with Crippen LogP contribution in [0.2, 0.25) is 0 Å². The minimum atomic E-state index is 0.511. The fraction of sp³-hybridized carbons (Fsp3) is 0.474. The van der Waals surface area contributed by atoms with E-state index in [2.05, 4.69) is 20.2 Å². The van der Waals surface area contributed by atoms with Gasteiger partial charge in [-0.15, -0.1) is 0 Å². The third-order valence-electron chi connectivity index (χ3n) is 5.23. The standard InChI is InChI=1S/C19H24N4O/c1-2-4-17(5-3-1)24-11-10-23-9-7-19(14-23)12-16(13-19)22-18-6-8-20-15-21-18/h1-6,8,15-16H,7,9-14H2,(H,20,21,22). The number of para-hydroxylation sites is 1. The maximum atomic E-state index is 5.82. The smallest absolute Gasteiger partial charge is 0.129 e. The van der Waals surface area contributed by atoms with Crippen molar-refractivity contribution in [3.8, 4) is 5.75 Å². The molecule has 1 aromatic carbocycles. The van der Waals surface area contributed by atoms with E-state index in [-0.39, 0.29) is 0 Å². The van der Waals surface area contributed by atoms with Crippen LogP contribution in [-0.4, -0.2) is 47.2 Å². The van der Waals surface area contributed by atoms with Crippen molar-refractivity contribution in [3.63, 3.8) is 0 Å². The Bertz CT molecular complexity index is 643. The lowest BCUT2D eigenvalue weighted by molar-refractivity contribution is 0.117. The molecule has 2 heterocycles. The number of nitrogens with one attached hydrogen (secondary N) is 1. The minimum Gasteiger partial charge on any atom is -0.492 e. The van der Waals surface area contributed by atoms with Gasteiger partial charge >= 0.3 is 0 Å². The predicted molar refractivity (Wildman–Crippen MR) is 94.1 cm³/mol. The fourth-order valence-electron chi connectivity index (χ4n) is 4.03. The number of hydrogen-bond donors (Lipinski definition) is 1. The van der Waals surface area contributed by atoms with Crippen molar-refractivity contribution in [2.45, 2.75) is 25.3 Å². The summed E-state index contributed by atoms with van der Waals surface area (Å²) >= 11 is 0. The molecule has 5 heteroatoms. The normalized spacial score (nSPS) is 26.2. The highest BCUT2D eigenvalue weighted by Gasteiger charge is 2.48. The van der Waals surface area contributed by atoms with E-state index in [4.69, 9.17) is 4.74 Å². The first-order chi connectivity index (χ1) is 11.8. The largest absolute Gasteiger partial charge is 0.492 e. The lowest BCUT2D eigenvalue weighted by Gasteiger charge is -2.45. The second kappa shape index (κ2) is 6.77. The third-order valence-corrected chi connectivity index (χ3v) is 5.23. The Kier molecular flexibility index (Phi) is 4.34. The van der Waals surface area contributed by atoms with Crippen LogP contribution in [0.5, 0.6) is 5.75 Å². The van der Waals surface area contributed by atoms with Crippen LogP contribution in [-0.2, 0) is 0 Å². The summed E-state index contributed by atoms with van der Waals surface area (Å²) in [6.45, 7) is 4.18. The van der Waals surface area contributed by atoms with Crippen molar-refractivity contribution >= 4 is 5.82 Å². The van der Waals surface area contributed by atoms with E-state index in [9.17, 15) is 0 Å². The summed E-state index contributed by atoms with van der Waals surface area (Å²) in [4.78, 5) is 10.8. The Balaban J connectivity index is 1.19. The molecule has 1 spiro atoms. The topological polar surface area (TPSA) is 50.3 Å². The van der Waals surface area contributed by atoms with Gasteiger partial charge in [-0.1, -0.05) is 18.2 Å². The molecule has 0 radical (unpaired) electrons. The highest BCUT2D eigenvalue weighted by atomic mass is 16.5. The van der Waals surface area contributed by atoms with Gasteiger partial charge in [-0.2, -0.15) is 0 Å². The number of hydrogen-bond acceptors (Lipinski definition) is 5. The molecular formula is C19H24N4O. The summed E-state index contributed by atoms with van der Waals surface area (Å²) in [6, 6.07) is 12.6. The maximum Gasteiger partial charge on any atom is 0.129 e. The van der Waals surface area contributed by atoms with E-state index >= 15 is 0 Å². The Morgan fingerprint density at radius 3 is 2.88 bits per heavy atom. The van der Waals surface area contributed by atoms with E-state index in [1.54, 1.807) is 12.5 Å². The molecule has 0 atom stereocenters. The second-order valence-electron chi connectivity index (χ2n) is 7.03. The van der Waals surface area contributed by atoms with Crippen LogP contribution in [0.15, 0.2) is 48.9 Å². The molecule has 0 unspecified atom stereocenters. The average Bonchev–Trinajstić information content (AvgIpc) is 3.01. The van der Waals surface area contributed by atoms with Gasteiger partial charge in [0.25, 0.3) is 0 Å². The Morgan fingerprint density at radius 1 is 1.21 bits per heavy atom. The zero-order valence-corrected chi connectivity index (χ0v) is 13.9. The summed E-state index contributed by atoms with van der Waals surface area (Å²) in [6.07, 6.45) is 7.18. The minimum absolute atomic E-state index is 0.511. The van der Waals surface area contributed by atoms with Gasteiger partial charge in [-0.3, -0.25) is 4.90 Å². The molecule has 1 aliphatic heterocycles. The molecule has 0 bridgehead atoms. The summed E-state index contributed by atoms with van der Waals surface area (Å²) in [5, 5.41) is 3.51. The van der Waals surface area contributed by atoms with E-state index in [1.165, 1.54) is 32.4 Å². The van der Waals surface area contributed by atoms with Crippen LogP contribution in [0.4, 0.5) is 5.82 Å². The quantitative estimate of drug-likeness (QED) is 0.885. The summed E-state index contributed by atoms with van der Waals surface area (Å²) in [5.41, 5.74) is 0.511.